The Bertz CT molecular complexity index is 758. The third kappa shape index (κ3) is 6.39. The van der Waals surface area contributed by atoms with Crippen molar-refractivity contribution in [2.24, 2.45) is 5.10 Å². The Hall–Kier alpha value is -2.66. The predicted molar refractivity (Wildman–Crippen MR) is 101 cm³/mol. The van der Waals surface area contributed by atoms with Crippen LogP contribution in [0.5, 0.6) is 0 Å². The Balaban J connectivity index is 1.88. The maximum Gasteiger partial charge on any atom is 0.271 e. The molecule has 0 fully saturated rings. The van der Waals surface area contributed by atoms with Gasteiger partial charge in [-0.1, -0.05) is 37.1 Å². The van der Waals surface area contributed by atoms with Crippen molar-refractivity contribution in [2.75, 3.05) is 5.32 Å². The maximum absolute atomic E-state index is 12.0. The van der Waals surface area contributed by atoms with E-state index in [4.69, 9.17) is 11.6 Å². The van der Waals surface area contributed by atoms with Crippen LogP contribution in [0.15, 0.2) is 53.6 Å². The zero-order chi connectivity index (χ0) is 18.1. The summed E-state index contributed by atoms with van der Waals surface area (Å²) in [6, 6.07) is 13.8. The maximum atomic E-state index is 12.0. The summed E-state index contributed by atoms with van der Waals surface area (Å²) in [6.07, 6.45) is 3.85. The van der Waals surface area contributed by atoms with Crippen LogP contribution in [0, 0.1) is 0 Å². The lowest BCUT2D eigenvalue weighted by Gasteiger charge is -2.05. The predicted octanol–water partition coefficient (Wildman–Crippen LogP) is 4.23. The topological polar surface area (TPSA) is 70.6 Å². The van der Waals surface area contributed by atoms with Crippen LogP contribution in [0.25, 0.3) is 0 Å². The van der Waals surface area contributed by atoms with E-state index in [0.717, 1.165) is 18.4 Å². The molecule has 0 aliphatic heterocycles. The van der Waals surface area contributed by atoms with Gasteiger partial charge in [0.2, 0.25) is 5.91 Å². The number of amides is 2. The van der Waals surface area contributed by atoms with Gasteiger partial charge in [-0.05, 0) is 48.4 Å². The van der Waals surface area contributed by atoms with Crippen molar-refractivity contribution in [1.29, 1.82) is 0 Å². The fourth-order valence-corrected chi connectivity index (χ4v) is 2.28. The molecule has 2 rings (SSSR count). The number of halogens is 1. The summed E-state index contributed by atoms with van der Waals surface area (Å²) in [5, 5.41) is 7.31. The van der Waals surface area contributed by atoms with E-state index in [1.165, 1.54) is 6.21 Å². The molecule has 25 heavy (non-hydrogen) atoms. The SMILES string of the molecule is CCCCC(=O)Nc1ccc(C(=O)N/N=C/c2cccc(Cl)c2)cc1. The molecule has 0 saturated carbocycles. The van der Waals surface area contributed by atoms with E-state index in [0.29, 0.717) is 22.7 Å². The number of anilines is 1. The molecular formula is C19H20ClN3O2. The lowest BCUT2D eigenvalue weighted by molar-refractivity contribution is -0.116. The van der Waals surface area contributed by atoms with Crippen LogP contribution in [-0.4, -0.2) is 18.0 Å². The standard InChI is InChI=1S/C19H20ClN3O2/c1-2-3-7-18(24)22-17-10-8-15(9-11-17)19(25)23-21-13-14-5-4-6-16(20)12-14/h4-6,8-13H,2-3,7H2,1H3,(H,22,24)(H,23,25)/b21-13+. The van der Waals surface area contributed by atoms with Crippen LogP contribution in [-0.2, 0) is 4.79 Å². The second-order valence-corrected chi connectivity index (χ2v) is 5.92. The number of carbonyl (C=O) groups excluding carboxylic acids is 2. The van der Waals surface area contributed by atoms with Crippen LogP contribution >= 0.6 is 11.6 Å². The molecule has 0 saturated heterocycles. The summed E-state index contributed by atoms with van der Waals surface area (Å²) in [5.74, 6) is -0.354. The minimum Gasteiger partial charge on any atom is -0.326 e. The van der Waals surface area contributed by atoms with Crippen LogP contribution in [0.2, 0.25) is 5.02 Å². The molecule has 0 aliphatic rings. The second kappa shape index (κ2) is 9.59. The molecule has 2 N–H and O–H groups in total. The highest BCUT2D eigenvalue weighted by molar-refractivity contribution is 6.30. The van der Waals surface area contributed by atoms with E-state index in [1.54, 1.807) is 42.5 Å². The summed E-state index contributed by atoms with van der Waals surface area (Å²) in [7, 11) is 0. The largest absolute Gasteiger partial charge is 0.326 e. The number of hydrazone groups is 1. The molecule has 0 unspecified atom stereocenters. The van der Waals surface area contributed by atoms with Crippen molar-refractivity contribution < 1.29 is 9.59 Å². The molecule has 0 radical (unpaired) electrons. The minimum atomic E-state index is -0.331. The van der Waals surface area contributed by atoms with Crippen molar-refractivity contribution in [1.82, 2.24) is 5.43 Å². The quantitative estimate of drug-likeness (QED) is 0.575. The first kappa shape index (κ1) is 18.7. The molecular weight excluding hydrogens is 338 g/mol. The molecule has 130 valence electrons. The Morgan fingerprint density at radius 3 is 2.60 bits per heavy atom. The van der Waals surface area contributed by atoms with Crippen molar-refractivity contribution in [2.45, 2.75) is 26.2 Å². The summed E-state index contributed by atoms with van der Waals surface area (Å²) in [4.78, 5) is 23.7. The molecule has 6 heteroatoms. The molecule has 5 nitrogen and oxygen atoms in total. The van der Waals surface area contributed by atoms with Gasteiger partial charge in [-0.15, -0.1) is 0 Å². The van der Waals surface area contributed by atoms with Gasteiger partial charge in [0.25, 0.3) is 5.91 Å². The number of hydrogen-bond donors (Lipinski definition) is 2. The second-order valence-electron chi connectivity index (χ2n) is 5.48. The number of carbonyl (C=O) groups is 2. The summed E-state index contributed by atoms with van der Waals surface area (Å²) in [6.45, 7) is 2.04. The summed E-state index contributed by atoms with van der Waals surface area (Å²) >= 11 is 5.88. The third-order valence-corrected chi connectivity index (χ3v) is 3.65. The van der Waals surface area contributed by atoms with Crippen molar-refractivity contribution in [3.05, 3.63) is 64.7 Å². The van der Waals surface area contributed by atoms with Gasteiger partial charge < -0.3 is 5.32 Å². The average molecular weight is 358 g/mol. The number of nitrogens with one attached hydrogen (secondary N) is 2. The van der Waals surface area contributed by atoms with Crippen molar-refractivity contribution in [3.63, 3.8) is 0 Å². The van der Waals surface area contributed by atoms with E-state index in [-0.39, 0.29) is 11.8 Å². The van der Waals surface area contributed by atoms with Gasteiger partial charge in [0, 0.05) is 22.7 Å². The van der Waals surface area contributed by atoms with Gasteiger partial charge in [-0.2, -0.15) is 5.10 Å². The highest BCUT2D eigenvalue weighted by Gasteiger charge is 2.05. The van der Waals surface area contributed by atoms with Gasteiger partial charge in [-0.25, -0.2) is 5.43 Å². The van der Waals surface area contributed by atoms with Crippen LogP contribution < -0.4 is 10.7 Å². The van der Waals surface area contributed by atoms with Crippen LogP contribution in [0.3, 0.4) is 0 Å². The highest BCUT2D eigenvalue weighted by atomic mass is 35.5. The first-order chi connectivity index (χ1) is 12.1. The van der Waals surface area contributed by atoms with E-state index in [9.17, 15) is 9.59 Å². The lowest BCUT2D eigenvalue weighted by atomic mass is 10.2. The third-order valence-electron chi connectivity index (χ3n) is 3.42. The highest BCUT2D eigenvalue weighted by Crippen LogP contribution is 2.11. The number of hydrogen-bond acceptors (Lipinski definition) is 3. The molecule has 0 spiro atoms. The Morgan fingerprint density at radius 2 is 1.92 bits per heavy atom. The van der Waals surface area contributed by atoms with E-state index >= 15 is 0 Å². The molecule has 0 aromatic heterocycles. The Morgan fingerprint density at radius 1 is 1.16 bits per heavy atom. The van der Waals surface area contributed by atoms with Crippen LogP contribution in [0.1, 0.15) is 42.1 Å². The smallest absolute Gasteiger partial charge is 0.271 e. The molecule has 2 amide bonds. The summed E-state index contributed by atoms with van der Waals surface area (Å²) in [5.41, 5.74) is 4.37. The van der Waals surface area contributed by atoms with Crippen molar-refractivity contribution >= 4 is 35.3 Å². The number of unbranched alkanes of at least 4 members (excludes halogenated alkanes) is 1. The van der Waals surface area contributed by atoms with Gasteiger partial charge in [0.15, 0.2) is 0 Å². The first-order valence-corrected chi connectivity index (χ1v) is 8.45. The molecule has 0 heterocycles. The van der Waals surface area contributed by atoms with E-state index in [2.05, 4.69) is 15.8 Å². The Kier molecular flexibility index (Phi) is 7.16. The first-order valence-electron chi connectivity index (χ1n) is 8.07. The van der Waals surface area contributed by atoms with Gasteiger partial charge >= 0.3 is 0 Å². The average Bonchev–Trinajstić information content (AvgIpc) is 2.60. The van der Waals surface area contributed by atoms with E-state index < -0.39 is 0 Å². The molecule has 0 aliphatic carbocycles. The number of benzene rings is 2. The normalized spacial score (nSPS) is 10.6. The monoisotopic (exact) mass is 357 g/mol. The van der Waals surface area contributed by atoms with Crippen LogP contribution in [0.4, 0.5) is 5.69 Å². The minimum absolute atomic E-state index is 0.0230. The lowest BCUT2D eigenvalue weighted by Crippen LogP contribution is -2.17. The Labute approximate surface area is 152 Å². The van der Waals surface area contributed by atoms with Crippen molar-refractivity contribution in [3.8, 4) is 0 Å². The molecule has 2 aromatic rings. The number of nitrogens with zero attached hydrogens (tertiary/aromatic N) is 1. The molecule has 0 bridgehead atoms. The fourth-order valence-electron chi connectivity index (χ4n) is 2.08. The molecule has 2 aromatic carbocycles. The molecule has 0 atom stereocenters. The van der Waals surface area contributed by atoms with Gasteiger partial charge in [0.05, 0.1) is 6.21 Å². The van der Waals surface area contributed by atoms with Gasteiger partial charge in [-0.3, -0.25) is 9.59 Å². The zero-order valence-electron chi connectivity index (χ0n) is 14.0. The zero-order valence-corrected chi connectivity index (χ0v) is 14.7. The van der Waals surface area contributed by atoms with Gasteiger partial charge in [0.1, 0.15) is 0 Å². The summed E-state index contributed by atoms with van der Waals surface area (Å²) < 4.78 is 0. The fraction of sp³-hybridized carbons (Fsp3) is 0.211. The van der Waals surface area contributed by atoms with E-state index in [1.807, 2.05) is 13.0 Å². The number of rotatable bonds is 7.